The first kappa shape index (κ1) is 12.8. The Bertz CT molecular complexity index is 285. The summed E-state index contributed by atoms with van der Waals surface area (Å²) in [4.78, 5) is 20.7. The third kappa shape index (κ3) is 3.38. The van der Waals surface area contributed by atoms with Gasteiger partial charge in [0, 0.05) is 7.11 Å². The maximum atomic E-state index is 10.3. The van der Waals surface area contributed by atoms with E-state index in [1.165, 1.54) is 7.11 Å². The third-order valence-corrected chi connectivity index (χ3v) is 2.78. The second kappa shape index (κ2) is 4.74. The number of methoxy groups -OCH3 is 1. The van der Waals surface area contributed by atoms with Crippen LogP contribution in [-0.4, -0.2) is 36.6 Å². The summed E-state index contributed by atoms with van der Waals surface area (Å²) in [5.74, 6) is 0.506. The molecule has 15 heavy (non-hydrogen) atoms. The molecule has 88 valence electrons. The molecule has 4 atom stereocenters. The molecule has 0 spiro atoms. The van der Waals surface area contributed by atoms with E-state index in [4.69, 9.17) is 9.47 Å². The van der Waals surface area contributed by atoms with Crippen LogP contribution in [0, 0.1) is 0 Å². The molecule has 1 fully saturated rings. The highest BCUT2D eigenvalue weighted by atomic mass is 31.2. The van der Waals surface area contributed by atoms with Gasteiger partial charge in [0.05, 0.1) is 6.10 Å². The van der Waals surface area contributed by atoms with Gasteiger partial charge in [-0.3, -0.25) is 0 Å². The number of hydrogen-bond donors (Lipinski definition) is 1. The van der Waals surface area contributed by atoms with Gasteiger partial charge < -0.3 is 28.9 Å². The topological polar surface area (TPSA) is 102 Å². The molecule has 7 heteroatoms. The minimum Gasteiger partial charge on any atom is -0.808 e. The molecule has 0 aromatic rings. The van der Waals surface area contributed by atoms with E-state index in [1.54, 1.807) is 6.92 Å². The summed E-state index contributed by atoms with van der Waals surface area (Å²) >= 11 is 0. The van der Waals surface area contributed by atoms with Gasteiger partial charge in [0.15, 0.2) is 0 Å². The van der Waals surface area contributed by atoms with Crippen LogP contribution >= 0.6 is 7.60 Å². The van der Waals surface area contributed by atoms with Gasteiger partial charge in [0.25, 0.3) is 0 Å². The molecule has 1 heterocycles. The highest BCUT2D eigenvalue weighted by Gasteiger charge is 2.40. The van der Waals surface area contributed by atoms with Crippen LogP contribution in [0.2, 0.25) is 0 Å². The highest BCUT2D eigenvalue weighted by molar-refractivity contribution is 7.52. The molecule has 1 unspecified atom stereocenters. The summed E-state index contributed by atoms with van der Waals surface area (Å²) in [6.45, 7) is 1.69. The zero-order chi connectivity index (χ0) is 11.6. The van der Waals surface area contributed by atoms with Crippen LogP contribution < -0.4 is 9.79 Å². The minimum absolute atomic E-state index is 0.350. The summed E-state index contributed by atoms with van der Waals surface area (Å²) < 4.78 is 20.5. The van der Waals surface area contributed by atoms with Crippen molar-refractivity contribution in [2.45, 2.75) is 31.3 Å². The smallest absolute Gasteiger partial charge is 0.112 e. The van der Waals surface area contributed by atoms with Crippen molar-refractivity contribution < 1.29 is 28.9 Å². The molecular weight excluding hydrogens is 223 g/mol. The van der Waals surface area contributed by atoms with Crippen LogP contribution in [0.1, 0.15) is 6.92 Å². The lowest BCUT2D eigenvalue weighted by Crippen LogP contribution is -2.32. The number of ether oxygens (including phenoxy) is 2. The van der Waals surface area contributed by atoms with Gasteiger partial charge in [-0.05, 0) is 14.5 Å². The lowest BCUT2D eigenvalue weighted by atomic mass is 10.1. The molecule has 1 aliphatic rings. The van der Waals surface area contributed by atoms with Crippen molar-refractivity contribution in [3.05, 3.63) is 11.9 Å². The SMILES string of the molecule is CO[C@H]1C(O)[C@@H](/C=C/P(=O)([O-])[O-])O[C@H]1C. The summed E-state index contributed by atoms with van der Waals surface area (Å²) in [6.07, 6.45) is -1.61. The first-order chi connectivity index (χ1) is 6.85. The second-order valence-electron chi connectivity index (χ2n) is 3.38. The van der Waals surface area contributed by atoms with Crippen LogP contribution in [0.5, 0.6) is 0 Å². The molecule has 0 amide bonds. The molecule has 1 N–H and O–H groups in total. The van der Waals surface area contributed by atoms with Crippen molar-refractivity contribution in [1.82, 2.24) is 0 Å². The molecule has 0 bridgehead atoms. The monoisotopic (exact) mass is 236 g/mol. The molecule has 0 aliphatic carbocycles. The summed E-state index contributed by atoms with van der Waals surface area (Å²) in [7, 11) is -3.28. The minimum atomic E-state index is -4.71. The standard InChI is InChI=1S/C8H15O6P/c1-5-8(13-2)7(9)6(14-5)3-4-15(10,11)12/h3-9H,1-2H3,(H2,10,11,12)/p-2/b4-3+/t5-,6+,7?,8+/m0/s1. The van der Waals surface area contributed by atoms with Gasteiger partial charge >= 0.3 is 0 Å². The Morgan fingerprint density at radius 1 is 1.53 bits per heavy atom. The van der Waals surface area contributed by atoms with Crippen molar-refractivity contribution in [3.8, 4) is 0 Å². The number of aliphatic hydroxyl groups is 1. The summed E-state index contributed by atoms with van der Waals surface area (Å²) in [5, 5.41) is 9.62. The van der Waals surface area contributed by atoms with E-state index in [2.05, 4.69) is 0 Å². The van der Waals surface area contributed by atoms with Crippen molar-refractivity contribution in [1.29, 1.82) is 0 Å². The van der Waals surface area contributed by atoms with E-state index in [-0.39, 0.29) is 6.10 Å². The zero-order valence-corrected chi connectivity index (χ0v) is 9.29. The van der Waals surface area contributed by atoms with Crippen molar-refractivity contribution in [3.63, 3.8) is 0 Å². The Morgan fingerprint density at radius 3 is 2.53 bits per heavy atom. The van der Waals surface area contributed by atoms with Crippen LogP contribution in [-0.2, 0) is 14.0 Å². The Hall–Kier alpha value is -0.230. The molecule has 0 aromatic heterocycles. The van der Waals surface area contributed by atoms with Crippen LogP contribution in [0.4, 0.5) is 0 Å². The third-order valence-electron chi connectivity index (χ3n) is 2.24. The predicted octanol–water partition coefficient (Wildman–Crippen LogP) is -1.42. The van der Waals surface area contributed by atoms with E-state index in [9.17, 15) is 19.5 Å². The van der Waals surface area contributed by atoms with Gasteiger partial charge in [-0.15, -0.1) is 0 Å². The van der Waals surface area contributed by atoms with Gasteiger partial charge in [-0.1, -0.05) is 11.9 Å². The normalized spacial score (nSPS) is 37.7. The van der Waals surface area contributed by atoms with Crippen molar-refractivity contribution in [2.75, 3.05) is 7.11 Å². The molecular formula is C8H13O6P-2. The number of hydrogen-bond acceptors (Lipinski definition) is 6. The van der Waals surface area contributed by atoms with Crippen molar-refractivity contribution in [2.24, 2.45) is 0 Å². The maximum absolute atomic E-state index is 10.3. The molecule has 1 saturated heterocycles. The van der Waals surface area contributed by atoms with E-state index >= 15 is 0 Å². The van der Waals surface area contributed by atoms with Crippen molar-refractivity contribution >= 4 is 7.60 Å². The van der Waals surface area contributed by atoms with Crippen LogP contribution in [0.3, 0.4) is 0 Å². The molecule has 6 nitrogen and oxygen atoms in total. The fourth-order valence-corrected chi connectivity index (χ4v) is 1.93. The van der Waals surface area contributed by atoms with E-state index in [1.807, 2.05) is 0 Å². The summed E-state index contributed by atoms with van der Waals surface area (Å²) in [5.41, 5.74) is 0. The highest BCUT2D eigenvalue weighted by Crippen LogP contribution is 2.29. The van der Waals surface area contributed by atoms with Gasteiger partial charge in [0.2, 0.25) is 0 Å². The molecule has 0 saturated carbocycles. The average Bonchev–Trinajstić information content (AvgIpc) is 2.37. The molecule has 1 aliphatic heterocycles. The second-order valence-corrected chi connectivity index (χ2v) is 4.76. The predicted molar refractivity (Wildman–Crippen MR) is 47.9 cm³/mol. The molecule has 0 aromatic carbocycles. The Morgan fingerprint density at radius 2 is 2.13 bits per heavy atom. The number of aliphatic hydroxyl groups excluding tert-OH is 1. The summed E-state index contributed by atoms with van der Waals surface area (Å²) in [6, 6.07) is 0. The fraction of sp³-hybridized carbons (Fsp3) is 0.750. The van der Waals surface area contributed by atoms with E-state index in [0.717, 1.165) is 6.08 Å². The molecule has 1 rings (SSSR count). The van der Waals surface area contributed by atoms with Gasteiger partial charge in [0.1, 0.15) is 18.3 Å². The largest absolute Gasteiger partial charge is 0.808 e. The van der Waals surface area contributed by atoms with Crippen LogP contribution in [0.25, 0.3) is 0 Å². The Labute approximate surface area is 87.7 Å². The first-order valence-corrected chi connectivity index (χ1v) is 6.04. The quantitative estimate of drug-likeness (QED) is 0.603. The van der Waals surface area contributed by atoms with Gasteiger partial charge in [-0.2, -0.15) is 0 Å². The lowest BCUT2D eigenvalue weighted by molar-refractivity contribution is -0.308. The lowest BCUT2D eigenvalue weighted by Gasteiger charge is -2.25. The average molecular weight is 236 g/mol. The Kier molecular flexibility index (Phi) is 4.06. The zero-order valence-electron chi connectivity index (χ0n) is 8.40. The maximum Gasteiger partial charge on any atom is 0.112 e. The number of rotatable bonds is 3. The Balaban J connectivity index is 2.67. The van der Waals surface area contributed by atoms with E-state index < -0.39 is 25.9 Å². The van der Waals surface area contributed by atoms with E-state index in [0.29, 0.717) is 5.82 Å². The molecule has 0 radical (unpaired) electrons. The van der Waals surface area contributed by atoms with Gasteiger partial charge in [-0.25, -0.2) is 0 Å². The fourth-order valence-electron chi connectivity index (χ4n) is 1.55. The van der Waals surface area contributed by atoms with Crippen LogP contribution in [0.15, 0.2) is 11.9 Å². The first-order valence-electron chi connectivity index (χ1n) is 4.42.